The van der Waals surface area contributed by atoms with Crippen LogP contribution in [0, 0.1) is 5.92 Å². The van der Waals surface area contributed by atoms with Crippen molar-refractivity contribution in [3.63, 3.8) is 0 Å². The first kappa shape index (κ1) is 17.1. The molecule has 5 heteroatoms. The van der Waals surface area contributed by atoms with Crippen LogP contribution in [0.25, 0.3) is 0 Å². The summed E-state index contributed by atoms with van der Waals surface area (Å²) >= 11 is 6.02. The number of carbonyl (C=O) groups is 2. The van der Waals surface area contributed by atoms with E-state index in [1.54, 1.807) is 11.0 Å². The van der Waals surface area contributed by atoms with Crippen molar-refractivity contribution in [1.82, 2.24) is 10.2 Å². The van der Waals surface area contributed by atoms with Gasteiger partial charge < -0.3 is 10.2 Å². The molecule has 2 aromatic carbocycles. The Morgan fingerprint density at radius 2 is 1.96 bits per heavy atom. The lowest BCUT2D eigenvalue weighted by atomic mass is 9.91. The number of fused-ring (bicyclic) bond motifs is 1. The van der Waals surface area contributed by atoms with Gasteiger partial charge in [-0.2, -0.15) is 0 Å². The Bertz CT molecular complexity index is 847. The number of nitrogens with one attached hydrogen (secondary N) is 1. The van der Waals surface area contributed by atoms with E-state index in [0.717, 1.165) is 29.5 Å². The Balaban J connectivity index is 1.57. The monoisotopic (exact) mass is 368 g/mol. The van der Waals surface area contributed by atoms with Crippen LogP contribution in [0.3, 0.4) is 0 Å². The Morgan fingerprint density at radius 1 is 1.15 bits per heavy atom. The predicted octanol–water partition coefficient (Wildman–Crippen LogP) is 3.49. The van der Waals surface area contributed by atoms with E-state index >= 15 is 0 Å². The topological polar surface area (TPSA) is 49.4 Å². The van der Waals surface area contributed by atoms with Gasteiger partial charge in [-0.3, -0.25) is 9.59 Å². The van der Waals surface area contributed by atoms with E-state index in [-0.39, 0.29) is 11.8 Å². The molecular weight excluding hydrogens is 348 g/mol. The van der Waals surface area contributed by atoms with Crippen molar-refractivity contribution in [2.24, 2.45) is 5.92 Å². The smallest absolute Gasteiger partial charge is 0.247 e. The van der Waals surface area contributed by atoms with Gasteiger partial charge in [0, 0.05) is 18.1 Å². The molecule has 0 radical (unpaired) electrons. The first-order valence-electron chi connectivity index (χ1n) is 9.01. The predicted molar refractivity (Wildman–Crippen MR) is 101 cm³/mol. The Labute approximate surface area is 158 Å². The van der Waals surface area contributed by atoms with Crippen LogP contribution in [0.5, 0.6) is 0 Å². The molecule has 1 saturated carbocycles. The Kier molecular flexibility index (Phi) is 4.68. The summed E-state index contributed by atoms with van der Waals surface area (Å²) in [5.41, 5.74) is 2.83. The molecule has 0 aromatic heterocycles. The summed E-state index contributed by atoms with van der Waals surface area (Å²) < 4.78 is 0. The third-order valence-electron chi connectivity index (χ3n) is 5.08. The lowest BCUT2D eigenvalue weighted by Gasteiger charge is -2.36. The molecule has 4 rings (SSSR count). The second-order valence-electron chi connectivity index (χ2n) is 7.12. The standard InChI is InChI=1S/C21H21ClN2O2/c22-17-6-3-4-15(10-17)12-23-21(26)20-18-7-2-1-5-16(18)11-19(25)24(20)13-14-8-9-14/h1-7,10,14,20H,8-9,11-13H2,(H,23,26). The zero-order valence-electron chi connectivity index (χ0n) is 14.5. The Hall–Kier alpha value is -2.33. The van der Waals surface area contributed by atoms with E-state index in [1.807, 2.05) is 42.5 Å². The second kappa shape index (κ2) is 7.12. The SMILES string of the molecule is O=C(NCc1cccc(Cl)c1)C1c2ccccc2CC(=O)N1CC1CC1. The third-order valence-corrected chi connectivity index (χ3v) is 5.31. The molecular formula is C21H21ClN2O2. The molecule has 1 atom stereocenters. The van der Waals surface area contributed by atoms with Gasteiger partial charge in [-0.05, 0) is 47.6 Å². The van der Waals surface area contributed by atoms with E-state index < -0.39 is 6.04 Å². The number of carbonyl (C=O) groups excluding carboxylic acids is 2. The summed E-state index contributed by atoms with van der Waals surface area (Å²) in [6, 6.07) is 14.6. The molecule has 0 bridgehead atoms. The summed E-state index contributed by atoms with van der Waals surface area (Å²) in [5.74, 6) is 0.442. The van der Waals surface area contributed by atoms with Crippen LogP contribution < -0.4 is 5.32 Å². The molecule has 0 spiro atoms. The first-order chi connectivity index (χ1) is 12.6. The number of benzene rings is 2. The van der Waals surface area contributed by atoms with Crippen molar-refractivity contribution < 1.29 is 9.59 Å². The fourth-order valence-electron chi connectivity index (χ4n) is 3.54. The Morgan fingerprint density at radius 3 is 2.73 bits per heavy atom. The summed E-state index contributed by atoms with van der Waals surface area (Å²) in [7, 11) is 0. The van der Waals surface area contributed by atoms with Crippen LogP contribution in [0.4, 0.5) is 0 Å². The molecule has 1 fully saturated rings. The maximum absolute atomic E-state index is 13.0. The highest BCUT2D eigenvalue weighted by atomic mass is 35.5. The summed E-state index contributed by atoms with van der Waals surface area (Å²) in [6.45, 7) is 1.06. The highest BCUT2D eigenvalue weighted by molar-refractivity contribution is 6.30. The molecule has 2 amide bonds. The number of halogens is 1. The fraction of sp³-hybridized carbons (Fsp3) is 0.333. The van der Waals surface area contributed by atoms with E-state index in [4.69, 9.17) is 11.6 Å². The summed E-state index contributed by atoms with van der Waals surface area (Å²) in [6.07, 6.45) is 2.66. The van der Waals surface area contributed by atoms with Crippen molar-refractivity contribution in [3.05, 3.63) is 70.2 Å². The third kappa shape index (κ3) is 3.61. The molecule has 0 saturated heterocycles. The van der Waals surface area contributed by atoms with Crippen molar-refractivity contribution in [2.75, 3.05) is 6.54 Å². The minimum atomic E-state index is -0.549. The summed E-state index contributed by atoms with van der Waals surface area (Å²) in [5, 5.41) is 3.63. The molecule has 2 aliphatic rings. The lowest BCUT2D eigenvalue weighted by molar-refractivity contribution is -0.142. The molecule has 4 nitrogen and oxygen atoms in total. The number of rotatable bonds is 5. The molecule has 1 N–H and O–H groups in total. The normalized spacial score (nSPS) is 19.2. The maximum atomic E-state index is 13.0. The zero-order chi connectivity index (χ0) is 18.1. The van der Waals surface area contributed by atoms with Gasteiger partial charge in [0.05, 0.1) is 6.42 Å². The van der Waals surface area contributed by atoms with E-state index in [2.05, 4.69) is 5.32 Å². The van der Waals surface area contributed by atoms with Crippen LogP contribution in [0.1, 0.15) is 35.6 Å². The van der Waals surface area contributed by atoms with Crippen LogP contribution >= 0.6 is 11.6 Å². The zero-order valence-corrected chi connectivity index (χ0v) is 15.2. The van der Waals surface area contributed by atoms with Gasteiger partial charge in [0.25, 0.3) is 0 Å². The van der Waals surface area contributed by atoms with Crippen molar-refractivity contribution in [1.29, 1.82) is 0 Å². The van der Waals surface area contributed by atoms with Gasteiger partial charge in [-0.25, -0.2) is 0 Å². The van der Waals surface area contributed by atoms with E-state index in [9.17, 15) is 9.59 Å². The first-order valence-corrected chi connectivity index (χ1v) is 9.39. The minimum absolute atomic E-state index is 0.0403. The van der Waals surface area contributed by atoms with Gasteiger partial charge in [-0.15, -0.1) is 0 Å². The number of hydrogen-bond acceptors (Lipinski definition) is 2. The number of amides is 2. The van der Waals surface area contributed by atoms with Gasteiger partial charge in [0.2, 0.25) is 11.8 Å². The van der Waals surface area contributed by atoms with E-state index in [1.165, 1.54) is 0 Å². The maximum Gasteiger partial charge on any atom is 0.247 e. The molecule has 1 heterocycles. The van der Waals surface area contributed by atoms with Crippen molar-refractivity contribution >= 4 is 23.4 Å². The highest BCUT2D eigenvalue weighted by Crippen LogP contribution is 2.36. The quantitative estimate of drug-likeness (QED) is 0.878. The molecule has 1 unspecified atom stereocenters. The van der Waals surface area contributed by atoms with Crippen LogP contribution in [0.2, 0.25) is 5.02 Å². The van der Waals surface area contributed by atoms with Crippen molar-refractivity contribution in [3.8, 4) is 0 Å². The average Bonchev–Trinajstić information content (AvgIpc) is 3.44. The summed E-state index contributed by atoms with van der Waals surface area (Å²) in [4.78, 5) is 27.5. The molecule has 2 aromatic rings. The molecule has 1 aliphatic carbocycles. The molecule has 26 heavy (non-hydrogen) atoms. The largest absolute Gasteiger partial charge is 0.350 e. The number of hydrogen-bond donors (Lipinski definition) is 1. The average molecular weight is 369 g/mol. The fourth-order valence-corrected chi connectivity index (χ4v) is 3.75. The minimum Gasteiger partial charge on any atom is -0.350 e. The van der Waals surface area contributed by atoms with Gasteiger partial charge in [0.1, 0.15) is 6.04 Å². The van der Waals surface area contributed by atoms with Gasteiger partial charge in [-0.1, -0.05) is 48.0 Å². The lowest BCUT2D eigenvalue weighted by Crippen LogP contribution is -2.48. The van der Waals surface area contributed by atoms with Crippen LogP contribution in [-0.4, -0.2) is 23.3 Å². The number of nitrogens with zero attached hydrogens (tertiary/aromatic N) is 1. The second-order valence-corrected chi connectivity index (χ2v) is 7.55. The molecule has 1 aliphatic heterocycles. The van der Waals surface area contributed by atoms with Crippen LogP contribution in [-0.2, 0) is 22.6 Å². The van der Waals surface area contributed by atoms with Crippen LogP contribution in [0.15, 0.2) is 48.5 Å². The van der Waals surface area contributed by atoms with Gasteiger partial charge >= 0.3 is 0 Å². The highest BCUT2D eigenvalue weighted by Gasteiger charge is 2.39. The molecule has 134 valence electrons. The van der Waals surface area contributed by atoms with E-state index in [0.29, 0.717) is 30.5 Å². The van der Waals surface area contributed by atoms with Crippen molar-refractivity contribution in [2.45, 2.75) is 31.8 Å². The van der Waals surface area contributed by atoms with Gasteiger partial charge in [0.15, 0.2) is 0 Å².